The molecule has 0 atom stereocenters. The molecule has 0 saturated heterocycles. The van der Waals surface area contributed by atoms with Crippen molar-refractivity contribution >= 4 is 11.6 Å². The van der Waals surface area contributed by atoms with Gasteiger partial charge >= 0.3 is 0 Å². The van der Waals surface area contributed by atoms with Crippen molar-refractivity contribution < 1.29 is 4.42 Å². The van der Waals surface area contributed by atoms with Crippen LogP contribution in [0.4, 0.5) is 0 Å². The van der Waals surface area contributed by atoms with Crippen molar-refractivity contribution in [2.45, 2.75) is 12.8 Å². The molecular formula is C9H10ClN3O. The summed E-state index contributed by atoms with van der Waals surface area (Å²) in [5.74, 6) is 1.06. The van der Waals surface area contributed by atoms with Crippen LogP contribution in [-0.2, 0) is 12.9 Å². The van der Waals surface area contributed by atoms with Crippen LogP contribution >= 0.6 is 11.6 Å². The summed E-state index contributed by atoms with van der Waals surface area (Å²) in [5.41, 5.74) is 2.73. The molecule has 4 nitrogen and oxygen atoms in total. The first-order valence-corrected chi connectivity index (χ1v) is 4.74. The Balaban J connectivity index is 2.54. The molecule has 0 aliphatic heterocycles. The van der Waals surface area contributed by atoms with Gasteiger partial charge in [0.25, 0.3) is 0 Å². The van der Waals surface area contributed by atoms with Crippen LogP contribution in [0.1, 0.15) is 11.4 Å². The zero-order chi connectivity index (χ0) is 10.1. The SMILES string of the molecule is Cc1c(-c2ocnc2CCl)cnn1C. The van der Waals surface area contributed by atoms with Crippen molar-refractivity contribution in [2.24, 2.45) is 7.05 Å². The maximum atomic E-state index is 5.73. The number of rotatable bonds is 2. The molecule has 2 aromatic rings. The number of aryl methyl sites for hydroxylation is 1. The summed E-state index contributed by atoms with van der Waals surface area (Å²) in [4.78, 5) is 4.03. The standard InChI is InChI=1S/C9H10ClN3O/c1-6-7(4-12-13(6)2)9-8(3-10)11-5-14-9/h4-5H,3H2,1-2H3. The molecule has 2 rings (SSSR count). The van der Waals surface area contributed by atoms with Gasteiger partial charge in [0.2, 0.25) is 0 Å². The maximum Gasteiger partial charge on any atom is 0.181 e. The number of alkyl halides is 1. The van der Waals surface area contributed by atoms with Crippen molar-refractivity contribution in [3.63, 3.8) is 0 Å². The van der Waals surface area contributed by atoms with Crippen LogP contribution < -0.4 is 0 Å². The Morgan fingerprint density at radius 2 is 2.36 bits per heavy atom. The third kappa shape index (κ3) is 1.32. The van der Waals surface area contributed by atoms with Gasteiger partial charge in [-0.25, -0.2) is 4.98 Å². The Morgan fingerprint density at radius 3 is 2.93 bits per heavy atom. The number of hydrogen-bond acceptors (Lipinski definition) is 3. The highest BCUT2D eigenvalue weighted by Crippen LogP contribution is 2.26. The molecule has 0 bridgehead atoms. The second-order valence-corrected chi connectivity index (χ2v) is 3.30. The first-order valence-electron chi connectivity index (χ1n) is 4.21. The molecule has 5 heteroatoms. The molecule has 0 aromatic carbocycles. The van der Waals surface area contributed by atoms with Crippen LogP contribution in [0.2, 0.25) is 0 Å². The van der Waals surface area contributed by atoms with Gasteiger partial charge in [-0.2, -0.15) is 5.10 Å². The largest absolute Gasteiger partial charge is 0.443 e. The topological polar surface area (TPSA) is 43.9 Å². The number of nitrogens with zero attached hydrogens (tertiary/aromatic N) is 3. The van der Waals surface area contributed by atoms with Crippen LogP contribution in [0.25, 0.3) is 11.3 Å². The Labute approximate surface area is 86.5 Å². The molecule has 0 spiro atoms. The fourth-order valence-corrected chi connectivity index (χ4v) is 1.50. The van der Waals surface area contributed by atoms with Gasteiger partial charge in [-0.15, -0.1) is 11.6 Å². The molecule has 0 fully saturated rings. The predicted octanol–water partition coefficient (Wildman–Crippen LogP) is 2.12. The third-order valence-corrected chi connectivity index (χ3v) is 2.50. The summed E-state index contributed by atoms with van der Waals surface area (Å²) in [6, 6.07) is 0. The van der Waals surface area contributed by atoms with E-state index in [9.17, 15) is 0 Å². The van der Waals surface area contributed by atoms with Crippen LogP contribution in [0.5, 0.6) is 0 Å². The van der Waals surface area contributed by atoms with Crippen LogP contribution in [0, 0.1) is 6.92 Å². The Hall–Kier alpha value is -1.29. The quantitative estimate of drug-likeness (QED) is 0.715. The second-order valence-electron chi connectivity index (χ2n) is 3.03. The Morgan fingerprint density at radius 1 is 1.57 bits per heavy atom. The van der Waals surface area contributed by atoms with Crippen LogP contribution in [-0.4, -0.2) is 14.8 Å². The monoisotopic (exact) mass is 211 g/mol. The molecule has 0 saturated carbocycles. The first kappa shape index (κ1) is 9.27. The van der Waals surface area contributed by atoms with E-state index < -0.39 is 0 Å². The van der Waals surface area contributed by atoms with Gasteiger partial charge in [0.15, 0.2) is 12.2 Å². The van der Waals surface area contributed by atoms with Crippen molar-refractivity contribution in [3.05, 3.63) is 24.0 Å². The minimum atomic E-state index is 0.347. The molecule has 2 heterocycles. The van der Waals surface area contributed by atoms with E-state index in [1.165, 1.54) is 6.39 Å². The van der Waals surface area contributed by atoms with Gasteiger partial charge < -0.3 is 4.42 Å². The highest BCUT2D eigenvalue weighted by atomic mass is 35.5. The zero-order valence-corrected chi connectivity index (χ0v) is 8.75. The van der Waals surface area contributed by atoms with Crippen LogP contribution in [0.15, 0.2) is 17.0 Å². The second kappa shape index (κ2) is 3.46. The normalized spacial score (nSPS) is 10.8. The summed E-state index contributed by atoms with van der Waals surface area (Å²) in [5, 5.41) is 4.13. The first-order chi connectivity index (χ1) is 6.74. The summed E-state index contributed by atoms with van der Waals surface area (Å²) >= 11 is 5.73. The van der Waals surface area contributed by atoms with Crippen molar-refractivity contribution in [2.75, 3.05) is 0 Å². The lowest BCUT2D eigenvalue weighted by atomic mass is 10.2. The highest BCUT2D eigenvalue weighted by Gasteiger charge is 2.14. The van der Waals surface area contributed by atoms with Gasteiger partial charge in [0.1, 0.15) is 5.69 Å². The van der Waals surface area contributed by atoms with E-state index in [-0.39, 0.29) is 0 Å². The average molecular weight is 212 g/mol. The zero-order valence-electron chi connectivity index (χ0n) is 7.99. The minimum Gasteiger partial charge on any atom is -0.443 e. The molecule has 2 aromatic heterocycles. The summed E-state index contributed by atoms with van der Waals surface area (Å²) in [7, 11) is 1.88. The number of halogens is 1. The molecule has 14 heavy (non-hydrogen) atoms. The molecule has 0 N–H and O–H groups in total. The predicted molar refractivity (Wildman–Crippen MR) is 53.0 cm³/mol. The van der Waals surface area contributed by atoms with Gasteiger partial charge in [0, 0.05) is 12.7 Å². The molecular weight excluding hydrogens is 202 g/mol. The Bertz CT molecular complexity index is 447. The van der Waals surface area contributed by atoms with E-state index in [4.69, 9.17) is 16.0 Å². The van der Waals surface area contributed by atoms with Crippen LogP contribution in [0.3, 0.4) is 0 Å². The lowest BCUT2D eigenvalue weighted by molar-refractivity contribution is 0.570. The smallest absolute Gasteiger partial charge is 0.181 e. The summed E-state index contributed by atoms with van der Waals surface area (Å²) in [6.07, 6.45) is 3.16. The number of oxazole rings is 1. The minimum absolute atomic E-state index is 0.347. The molecule has 0 radical (unpaired) electrons. The van der Waals surface area contributed by atoms with E-state index in [1.54, 1.807) is 10.9 Å². The van der Waals surface area contributed by atoms with E-state index in [1.807, 2.05) is 14.0 Å². The lowest BCUT2D eigenvalue weighted by Crippen LogP contribution is -1.92. The fourth-order valence-electron chi connectivity index (χ4n) is 1.31. The van der Waals surface area contributed by atoms with E-state index in [0.29, 0.717) is 11.6 Å². The lowest BCUT2D eigenvalue weighted by Gasteiger charge is -1.97. The van der Waals surface area contributed by atoms with Gasteiger partial charge in [-0.3, -0.25) is 4.68 Å². The van der Waals surface area contributed by atoms with Gasteiger partial charge in [-0.05, 0) is 6.92 Å². The van der Waals surface area contributed by atoms with E-state index >= 15 is 0 Å². The molecule has 0 amide bonds. The van der Waals surface area contributed by atoms with Crippen molar-refractivity contribution in [1.29, 1.82) is 0 Å². The van der Waals surface area contributed by atoms with Gasteiger partial charge in [0.05, 0.1) is 17.6 Å². The van der Waals surface area contributed by atoms with Crippen molar-refractivity contribution in [3.8, 4) is 11.3 Å². The van der Waals surface area contributed by atoms with Gasteiger partial charge in [-0.1, -0.05) is 0 Å². The van der Waals surface area contributed by atoms with Crippen molar-refractivity contribution in [1.82, 2.24) is 14.8 Å². The highest BCUT2D eigenvalue weighted by molar-refractivity contribution is 6.17. The molecule has 0 unspecified atom stereocenters. The van der Waals surface area contributed by atoms with E-state index in [2.05, 4.69) is 10.1 Å². The number of hydrogen-bond donors (Lipinski definition) is 0. The molecule has 74 valence electrons. The third-order valence-electron chi connectivity index (χ3n) is 2.25. The molecule has 0 aliphatic rings. The molecule has 0 aliphatic carbocycles. The maximum absolute atomic E-state index is 5.73. The average Bonchev–Trinajstić information content (AvgIpc) is 2.75. The number of aromatic nitrogens is 3. The Kier molecular flexibility index (Phi) is 2.29. The summed E-state index contributed by atoms with van der Waals surface area (Å²) < 4.78 is 7.07. The summed E-state index contributed by atoms with van der Waals surface area (Å²) in [6.45, 7) is 1.98. The van der Waals surface area contributed by atoms with E-state index in [0.717, 1.165) is 17.0 Å². The fraction of sp³-hybridized carbons (Fsp3) is 0.333.